The third kappa shape index (κ3) is 4.61. The van der Waals surface area contributed by atoms with Crippen molar-refractivity contribution in [2.75, 3.05) is 5.32 Å². The van der Waals surface area contributed by atoms with Crippen molar-refractivity contribution < 1.29 is 14.7 Å². The SMILES string of the molecule is Cc1cc(CCC(=O)O)cc(C)c1-c1nc2ccc(C(=O)Nc3ccc4ccccc4n3)cc2[nH]1. The lowest BCUT2D eigenvalue weighted by Gasteiger charge is -2.10. The molecule has 0 aliphatic heterocycles. The van der Waals surface area contributed by atoms with Crippen LogP contribution in [0.25, 0.3) is 33.3 Å². The lowest BCUT2D eigenvalue weighted by atomic mass is 9.97. The second kappa shape index (κ2) is 9.02. The first kappa shape index (κ1) is 22.3. The number of hydrogen-bond acceptors (Lipinski definition) is 4. The third-order valence-electron chi connectivity index (χ3n) is 6.04. The largest absolute Gasteiger partial charge is 0.481 e. The highest BCUT2D eigenvalue weighted by atomic mass is 16.4. The summed E-state index contributed by atoms with van der Waals surface area (Å²) >= 11 is 0. The van der Waals surface area contributed by atoms with Crippen molar-refractivity contribution in [1.82, 2.24) is 15.0 Å². The maximum atomic E-state index is 12.9. The Morgan fingerprint density at radius 3 is 2.46 bits per heavy atom. The first-order valence-electron chi connectivity index (χ1n) is 11.4. The molecule has 35 heavy (non-hydrogen) atoms. The zero-order chi connectivity index (χ0) is 24.5. The molecule has 0 bridgehead atoms. The molecule has 0 saturated heterocycles. The molecule has 0 atom stereocenters. The number of carbonyl (C=O) groups excluding carboxylic acids is 1. The van der Waals surface area contributed by atoms with Gasteiger partial charge in [0.1, 0.15) is 11.6 Å². The van der Waals surface area contributed by atoms with Gasteiger partial charge in [0.2, 0.25) is 0 Å². The fourth-order valence-electron chi connectivity index (χ4n) is 4.42. The number of benzene rings is 3. The van der Waals surface area contributed by atoms with E-state index in [0.29, 0.717) is 23.6 Å². The summed E-state index contributed by atoms with van der Waals surface area (Å²) in [6, 6.07) is 20.8. The van der Waals surface area contributed by atoms with E-state index in [0.717, 1.165) is 44.2 Å². The number of aromatic nitrogens is 3. The van der Waals surface area contributed by atoms with E-state index in [9.17, 15) is 9.59 Å². The molecular weight excluding hydrogens is 440 g/mol. The predicted molar refractivity (Wildman–Crippen MR) is 137 cm³/mol. The van der Waals surface area contributed by atoms with Gasteiger partial charge >= 0.3 is 5.97 Å². The number of pyridine rings is 1. The van der Waals surface area contributed by atoms with Crippen LogP contribution in [0.3, 0.4) is 0 Å². The molecule has 3 N–H and O–H groups in total. The molecule has 3 aromatic carbocycles. The van der Waals surface area contributed by atoms with Gasteiger partial charge in [0.05, 0.1) is 16.6 Å². The van der Waals surface area contributed by atoms with E-state index < -0.39 is 5.97 Å². The summed E-state index contributed by atoms with van der Waals surface area (Å²) in [5.74, 6) is 0.153. The number of rotatable bonds is 6. The average Bonchev–Trinajstić information content (AvgIpc) is 3.25. The molecule has 5 rings (SSSR count). The number of aliphatic carboxylic acids is 1. The fourth-order valence-corrected chi connectivity index (χ4v) is 4.42. The smallest absolute Gasteiger partial charge is 0.303 e. The van der Waals surface area contributed by atoms with Gasteiger partial charge in [-0.1, -0.05) is 30.3 Å². The van der Waals surface area contributed by atoms with Crippen molar-refractivity contribution >= 4 is 39.6 Å². The highest BCUT2D eigenvalue weighted by molar-refractivity contribution is 6.06. The minimum atomic E-state index is -0.807. The van der Waals surface area contributed by atoms with Gasteiger partial charge in [-0.25, -0.2) is 9.97 Å². The molecule has 0 saturated carbocycles. The van der Waals surface area contributed by atoms with E-state index in [1.54, 1.807) is 18.2 Å². The van der Waals surface area contributed by atoms with Crippen LogP contribution in [0.4, 0.5) is 5.82 Å². The fraction of sp³-hybridized carbons (Fsp3) is 0.143. The Morgan fingerprint density at radius 2 is 1.69 bits per heavy atom. The van der Waals surface area contributed by atoms with Gasteiger partial charge in [-0.2, -0.15) is 0 Å². The molecule has 5 aromatic rings. The number of aryl methyl sites for hydroxylation is 3. The van der Waals surface area contributed by atoms with E-state index >= 15 is 0 Å². The predicted octanol–water partition coefficient (Wildman–Crippen LogP) is 5.66. The van der Waals surface area contributed by atoms with E-state index in [1.807, 2.05) is 62.4 Å². The number of carbonyl (C=O) groups is 2. The summed E-state index contributed by atoms with van der Waals surface area (Å²) in [6.07, 6.45) is 0.588. The average molecular weight is 465 g/mol. The molecular formula is C28H24N4O3. The van der Waals surface area contributed by atoms with Crippen LogP contribution < -0.4 is 5.32 Å². The summed E-state index contributed by atoms with van der Waals surface area (Å²) in [5, 5.41) is 12.8. The maximum Gasteiger partial charge on any atom is 0.303 e. The number of imidazole rings is 1. The Bertz CT molecular complexity index is 1580. The number of carboxylic acid groups (broad SMARTS) is 1. The van der Waals surface area contributed by atoms with Crippen LogP contribution >= 0.6 is 0 Å². The zero-order valence-electron chi connectivity index (χ0n) is 19.4. The highest BCUT2D eigenvalue weighted by Gasteiger charge is 2.15. The number of anilines is 1. The second-order valence-electron chi connectivity index (χ2n) is 8.66. The quantitative estimate of drug-likeness (QED) is 0.300. The number of hydrogen-bond donors (Lipinski definition) is 3. The summed E-state index contributed by atoms with van der Waals surface area (Å²) < 4.78 is 0. The number of nitrogens with zero attached hydrogens (tertiary/aromatic N) is 2. The van der Waals surface area contributed by atoms with Crippen molar-refractivity contribution in [1.29, 1.82) is 0 Å². The van der Waals surface area contributed by atoms with E-state index in [2.05, 4.69) is 15.3 Å². The molecule has 0 spiro atoms. The van der Waals surface area contributed by atoms with Gasteiger partial charge < -0.3 is 15.4 Å². The molecule has 0 radical (unpaired) electrons. The van der Waals surface area contributed by atoms with Crippen molar-refractivity contribution in [2.24, 2.45) is 0 Å². The molecule has 0 fully saturated rings. The van der Waals surface area contributed by atoms with Crippen molar-refractivity contribution in [3.05, 3.63) is 89.0 Å². The van der Waals surface area contributed by atoms with Crippen LogP contribution in [0, 0.1) is 13.8 Å². The summed E-state index contributed by atoms with van der Waals surface area (Å²) in [4.78, 5) is 36.4. The van der Waals surface area contributed by atoms with Gasteiger partial charge in [0.25, 0.3) is 5.91 Å². The number of aromatic amines is 1. The molecule has 7 nitrogen and oxygen atoms in total. The topological polar surface area (TPSA) is 108 Å². The zero-order valence-corrected chi connectivity index (χ0v) is 19.4. The Kier molecular flexibility index (Phi) is 5.74. The monoisotopic (exact) mass is 464 g/mol. The molecule has 0 unspecified atom stereocenters. The Morgan fingerprint density at radius 1 is 0.914 bits per heavy atom. The number of amides is 1. The lowest BCUT2D eigenvalue weighted by Crippen LogP contribution is -2.12. The van der Waals surface area contributed by atoms with Crippen LogP contribution in [0.5, 0.6) is 0 Å². The highest BCUT2D eigenvalue weighted by Crippen LogP contribution is 2.29. The third-order valence-corrected chi connectivity index (χ3v) is 6.04. The Balaban J connectivity index is 1.41. The molecule has 1 amide bonds. The maximum absolute atomic E-state index is 12.9. The molecule has 0 aliphatic carbocycles. The van der Waals surface area contributed by atoms with Crippen molar-refractivity contribution in [3.63, 3.8) is 0 Å². The second-order valence-corrected chi connectivity index (χ2v) is 8.66. The van der Waals surface area contributed by atoms with Crippen LogP contribution in [0.1, 0.15) is 33.5 Å². The number of H-pyrrole nitrogens is 1. The standard InChI is InChI=1S/C28H24N4O3/c1-16-13-18(7-12-25(33)34)14-17(2)26(16)27-30-22-10-8-20(15-23(22)31-27)28(35)32-24-11-9-19-5-3-4-6-21(19)29-24/h3-6,8-11,13-15H,7,12H2,1-2H3,(H,30,31)(H,33,34)(H,29,32,35). The first-order valence-corrected chi connectivity index (χ1v) is 11.4. The van der Waals surface area contributed by atoms with Crippen LogP contribution in [0.2, 0.25) is 0 Å². The lowest BCUT2D eigenvalue weighted by molar-refractivity contribution is -0.136. The van der Waals surface area contributed by atoms with Gasteiger partial charge in [-0.3, -0.25) is 9.59 Å². The first-order chi connectivity index (χ1) is 16.9. The summed E-state index contributed by atoms with van der Waals surface area (Å²) in [6.45, 7) is 3.99. The van der Waals surface area contributed by atoms with E-state index in [-0.39, 0.29) is 12.3 Å². The molecule has 7 heteroatoms. The minimum absolute atomic E-state index is 0.0996. The van der Waals surface area contributed by atoms with Gasteiger partial charge in [-0.15, -0.1) is 0 Å². The Labute approximate surface area is 201 Å². The number of carboxylic acids is 1. The number of nitrogens with one attached hydrogen (secondary N) is 2. The summed E-state index contributed by atoms with van der Waals surface area (Å²) in [7, 11) is 0. The molecule has 2 aromatic heterocycles. The van der Waals surface area contributed by atoms with Gasteiger partial charge in [-0.05, 0) is 73.4 Å². The Hall–Kier alpha value is -4.52. The van der Waals surface area contributed by atoms with Crippen LogP contribution in [0.15, 0.2) is 66.7 Å². The minimum Gasteiger partial charge on any atom is -0.481 e. The summed E-state index contributed by atoms with van der Waals surface area (Å²) in [5.41, 5.74) is 6.84. The van der Waals surface area contributed by atoms with Crippen LogP contribution in [-0.4, -0.2) is 31.9 Å². The molecule has 2 heterocycles. The van der Waals surface area contributed by atoms with Gasteiger partial charge in [0, 0.05) is 22.9 Å². The van der Waals surface area contributed by atoms with Crippen molar-refractivity contribution in [2.45, 2.75) is 26.7 Å². The van der Waals surface area contributed by atoms with Gasteiger partial charge in [0.15, 0.2) is 0 Å². The van der Waals surface area contributed by atoms with Crippen molar-refractivity contribution in [3.8, 4) is 11.4 Å². The van der Waals surface area contributed by atoms with E-state index in [1.165, 1.54) is 0 Å². The number of fused-ring (bicyclic) bond motifs is 2. The normalized spacial score (nSPS) is 11.1. The van der Waals surface area contributed by atoms with E-state index in [4.69, 9.17) is 10.1 Å². The van der Waals surface area contributed by atoms with Crippen LogP contribution in [-0.2, 0) is 11.2 Å². The molecule has 0 aliphatic rings. The number of para-hydroxylation sites is 1. The molecule has 174 valence electrons.